The average Bonchev–Trinajstić information content (AvgIpc) is 2.20. The van der Waals surface area contributed by atoms with Gasteiger partial charge in [0.1, 0.15) is 0 Å². The Morgan fingerprint density at radius 2 is 2.07 bits per heavy atom. The van der Waals surface area contributed by atoms with E-state index in [1.807, 2.05) is 0 Å². The van der Waals surface area contributed by atoms with E-state index in [4.69, 9.17) is 6.42 Å². The predicted molar refractivity (Wildman–Crippen MR) is 58.9 cm³/mol. The van der Waals surface area contributed by atoms with E-state index in [1.54, 1.807) is 0 Å². The van der Waals surface area contributed by atoms with Gasteiger partial charge in [-0.15, -0.1) is 12.3 Å². The topological polar surface area (TPSA) is 32.3 Å². The molecule has 0 aliphatic heterocycles. The minimum atomic E-state index is -0.128. The molecule has 1 rings (SSSR count). The maximum atomic E-state index is 9.68. The van der Waals surface area contributed by atoms with Gasteiger partial charge in [-0.3, -0.25) is 0 Å². The molecule has 0 radical (unpaired) electrons. The summed E-state index contributed by atoms with van der Waals surface area (Å²) in [4.78, 5) is 0. The summed E-state index contributed by atoms with van der Waals surface area (Å²) in [5.74, 6) is 2.64. The fraction of sp³-hybridized carbons (Fsp3) is 0.833. The Bertz CT molecular complexity index is 185. The number of aliphatic hydroxyl groups is 1. The molecule has 0 amide bonds. The normalized spacial score (nSPS) is 27.1. The van der Waals surface area contributed by atoms with E-state index in [9.17, 15) is 5.11 Å². The molecule has 0 aromatic rings. The van der Waals surface area contributed by atoms with E-state index in [0.717, 1.165) is 38.6 Å². The van der Waals surface area contributed by atoms with Gasteiger partial charge < -0.3 is 10.4 Å². The summed E-state index contributed by atoms with van der Waals surface area (Å²) in [6.07, 6.45) is 12.6. The number of nitrogens with one attached hydrogen (secondary N) is 1. The van der Waals surface area contributed by atoms with Crippen LogP contribution in [0.15, 0.2) is 0 Å². The van der Waals surface area contributed by atoms with Crippen molar-refractivity contribution in [2.24, 2.45) is 0 Å². The fourth-order valence-electron chi connectivity index (χ4n) is 1.99. The van der Waals surface area contributed by atoms with E-state index in [-0.39, 0.29) is 6.10 Å². The van der Waals surface area contributed by atoms with Crippen LogP contribution in [0, 0.1) is 12.3 Å². The highest BCUT2D eigenvalue weighted by Crippen LogP contribution is 2.18. The smallest absolute Gasteiger partial charge is 0.0693 e. The van der Waals surface area contributed by atoms with Gasteiger partial charge in [0.25, 0.3) is 0 Å². The molecule has 2 unspecified atom stereocenters. The second-order valence-corrected chi connectivity index (χ2v) is 4.07. The van der Waals surface area contributed by atoms with Gasteiger partial charge in [0.15, 0.2) is 0 Å². The van der Waals surface area contributed by atoms with Gasteiger partial charge in [-0.1, -0.05) is 12.8 Å². The lowest BCUT2D eigenvalue weighted by molar-refractivity contribution is 0.0910. The quantitative estimate of drug-likeness (QED) is 0.517. The third-order valence-electron chi connectivity index (χ3n) is 2.88. The first-order valence-corrected chi connectivity index (χ1v) is 5.69. The summed E-state index contributed by atoms with van der Waals surface area (Å²) < 4.78 is 0. The lowest BCUT2D eigenvalue weighted by Crippen LogP contribution is -2.42. The average molecular weight is 195 g/mol. The first kappa shape index (κ1) is 11.6. The molecule has 0 bridgehead atoms. The molecule has 1 saturated carbocycles. The Hall–Kier alpha value is -0.520. The molecule has 0 heterocycles. The van der Waals surface area contributed by atoms with Crippen molar-refractivity contribution in [3.05, 3.63) is 0 Å². The van der Waals surface area contributed by atoms with Crippen LogP contribution < -0.4 is 5.32 Å². The van der Waals surface area contributed by atoms with Gasteiger partial charge >= 0.3 is 0 Å². The Balaban J connectivity index is 2.02. The van der Waals surface area contributed by atoms with E-state index in [2.05, 4.69) is 11.2 Å². The molecule has 1 aliphatic carbocycles. The highest BCUT2D eigenvalue weighted by Gasteiger charge is 2.21. The van der Waals surface area contributed by atoms with Gasteiger partial charge in [-0.2, -0.15) is 0 Å². The van der Waals surface area contributed by atoms with E-state index in [0.29, 0.717) is 6.04 Å². The zero-order valence-electron chi connectivity index (χ0n) is 8.84. The lowest BCUT2D eigenvalue weighted by atomic mass is 9.92. The van der Waals surface area contributed by atoms with Crippen LogP contribution in [0.4, 0.5) is 0 Å². The predicted octanol–water partition coefficient (Wildman–Crippen LogP) is 1.68. The molecular formula is C12H21NO. The molecule has 2 atom stereocenters. The number of terminal acetylenes is 1. The van der Waals surface area contributed by atoms with Crippen LogP contribution >= 0.6 is 0 Å². The highest BCUT2D eigenvalue weighted by molar-refractivity contribution is 4.83. The highest BCUT2D eigenvalue weighted by atomic mass is 16.3. The van der Waals surface area contributed by atoms with Crippen LogP contribution in [0.1, 0.15) is 44.9 Å². The summed E-state index contributed by atoms with van der Waals surface area (Å²) in [5, 5.41) is 13.1. The second-order valence-electron chi connectivity index (χ2n) is 4.07. The molecule has 14 heavy (non-hydrogen) atoms. The van der Waals surface area contributed by atoms with Crippen LogP contribution in [-0.2, 0) is 0 Å². The Morgan fingerprint density at radius 3 is 2.79 bits per heavy atom. The number of aliphatic hydroxyl groups excluding tert-OH is 1. The number of hydrogen-bond donors (Lipinski definition) is 2. The summed E-state index contributed by atoms with van der Waals surface area (Å²) in [5.41, 5.74) is 0. The van der Waals surface area contributed by atoms with Crippen molar-refractivity contribution < 1.29 is 5.11 Å². The van der Waals surface area contributed by atoms with Crippen molar-refractivity contribution in [2.45, 2.75) is 57.1 Å². The lowest BCUT2D eigenvalue weighted by Gasteiger charge is -2.28. The number of unbranched alkanes of at least 4 members (excludes halogenated alkanes) is 2. The van der Waals surface area contributed by atoms with Crippen molar-refractivity contribution in [3.63, 3.8) is 0 Å². The van der Waals surface area contributed by atoms with Crippen molar-refractivity contribution in [3.8, 4) is 12.3 Å². The largest absolute Gasteiger partial charge is 0.392 e. The van der Waals surface area contributed by atoms with Crippen LogP contribution in [0.2, 0.25) is 0 Å². The molecule has 80 valence electrons. The SMILES string of the molecule is C#CCCCCNC1CCCCC1O. The summed E-state index contributed by atoms with van der Waals surface area (Å²) in [6, 6.07) is 0.328. The molecule has 2 N–H and O–H groups in total. The summed E-state index contributed by atoms with van der Waals surface area (Å²) in [7, 11) is 0. The Morgan fingerprint density at radius 1 is 1.29 bits per heavy atom. The monoisotopic (exact) mass is 195 g/mol. The third kappa shape index (κ3) is 4.13. The van der Waals surface area contributed by atoms with Gasteiger partial charge in [0, 0.05) is 12.5 Å². The standard InChI is InChI=1S/C12H21NO/c1-2-3-4-7-10-13-11-8-5-6-9-12(11)14/h1,11-14H,3-10H2. The molecule has 2 heteroatoms. The van der Waals surface area contributed by atoms with Gasteiger partial charge in [-0.25, -0.2) is 0 Å². The maximum absolute atomic E-state index is 9.68. The van der Waals surface area contributed by atoms with Gasteiger partial charge in [-0.05, 0) is 32.2 Å². The van der Waals surface area contributed by atoms with Crippen molar-refractivity contribution in [1.82, 2.24) is 5.32 Å². The van der Waals surface area contributed by atoms with Crippen molar-refractivity contribution >= 4 is 0 Å². The Kier molecular flexibility index (Phi) is 5.66. The molecule has 2 nitrogen and oxygen atoms in total. The minimum Gasteiger partial charge on any atom is -0.392 e. The molecule has 0 spiro atoms. The van der Waals surface area contributed by atoms with Crippen molar-refractivity contribution in [1.29, 1.82) is 0 Å². The third-order valence-corrected chi connectivity index (χ3v) is 2.88. The molecule has 0 aromatic carbocycles. The molecule has 1 fully saturated rings. The first-order chi connectivity index (χ1) is 6.84. The van der Waals surface area contributed by atoms with Gasteiger partial charge in [0.05, 0.1) is 6.10 Å². The minimum absolute atomic E-state index is 0.128. The summed E-state index contributed by atoms with van der Waals surface area (Å²) in [6.45, 7) is 0.989. The molecular weight excluding hydrogens is 174 g/mol. The number of rotatable bonds is 5. The fourth-order valence-corrected chi connectivity index (χ4v) is 1.99. The zero-order chi connectivity index (χ0) is 10.2. The molecule has 0 saturated heterocycles. The zero-order valence-corrected chi connectivity index (χ0v) is 8.84. The maximum Gasteiger partial charge on any atom is 0.0693 e. The van der Waals surface area contributed by atoms with Crippen LogP contribution in [0.25, 0.3) is 0 Å². The van der Waals surface area contributed by atoms with Crippen molar-refractivity contribution in [2.75, 3.05) is 6.54 Å². The first-order valence-electron chi connectivity index (χ1n) is 5.69. The van der Waals surface area contributed by atoms with Gasteiger partial charge in [0.2, 0.25) is 0 Å². The van der Waals surface area contributed by atoms with Crippen LogP contribution in [0.5, 0.6) is 0 Å². The van der Waals surface area contributed by atoms with E-state index < -0.39 is 0 Å². The number of hydrogen-bond acceptors (Lipinski definition) is 2. The van der Waals surface area contributed by atoms with Crippen LogP contribution in [0.3, 0.4) is 0 Å². The summed E-state index contributed by atoms with van der Waals surface area (Å²) >= 11 is 0. The molecule has 1 aliphatic rings. The molecule has 0 aromatic heterocycles. The van der Waals surface area contributed by atoms with E-state index in [1.165, 1.54) is 12.8 Å². The second kappa shape index (κ2) is 6.86. The van der Waals surface area contributed by atoms with E-state index >= 15 is 0 Å². The Labute approximate surface area is 87.1 Å². The van der Waals surface area contributed by atoms with Crippen LogP contribution in [-0.4, -0.2) is 23.8 Å².